The van der Waals surface area contributed by atoms with Gasteiger partial charge in [-0.2, -0.15) is 0 Å². The van der Waals surface area contributed by atoms with Crippen LogP contribution in [0.2, 0.25) is 0 Å². The quantitative estimate of drug-likeness (QED) is 0.0927. The molecule has 1 aromatic carbocycles. The molecule has 0 aliphatic rings. The average molecular weight is 479 g/mol. The molecule has 0 aromatic heterocycles. The molecule has 32 heavy (non-hydrogen) atoms. The van der Waals surface area contributed by atoms with Crippen LogP contribution in [0.4, 0.5) is 0 Å². The molecule has 0 radical (unpaired) electrons. The number of nitrogens with zero attached hydrogens (tertiary/aromatic N) is 1. The van der Waals surface area contributed by atoms with Gasteiger partial charge in [0.2, 0.25) is 0 Å². The van der Waals surface area contributed by atoms with Crippen molar-refractivity contribution in [2.75, 3.05) is 0 Å². The summed E-state index contributed by atoms with van der Waals surface area (Å²) in [6.07, 6.45) is 22.2. The van der Waals surface area contributed by atoms with E-state index in [0.717, 1.165) is 5.75 Å². The third kappa shape index (κ3) is 14.7. The average Bonchev–Trinajstić information content (AvgIpc) is 2.77. The maximum atomic E-state index is 6.10. The number of thioether (sulfide) groups is 1. The summed E-state index contributed by atoms with van der Waals surface area (Å²) in [5, 5.41) is 6.55. The third-order valence-corrected chi connectivity index (χ3v) is 8.28. The van der Waals surface area contributed by atoms with E-state index in [2.05, 4.69) is 74.5 Å². The second-order valence-electron chi connectivity index (χ2n) is 9.87. The van der Waals surface area contributed by atoms with Crippen LogP contribution in [-0.4, -0.2) is 15.2 Å². The first-order valence-corrected chi connectivity index (χ1v) is 14.8. The molecule has 0 saturated carbocycles. The van der Waals surface area contributed by atoms with Crippen LogP contribution in [0.15, 0.2) is 42.5 Å². The Morgan fingerprint density at radius 3 is 1.97 bits per heavy atom. The molecule has 1 unspecified atom stereocenters. The van der Waals surface area contributed by atoms with E-state index in [9.17, 15) is 0 Å². The minimum absolute atomic E-state index is 0.0641. The third-order valence-electron chi connectivity index (χ3n) is 5.78. The first-order chi connectivity index (χ1) is 15.5. The molecule has 1 aromatic rings. The van der Waals surface area contributed by atoms with Gasteiger partial charge in [0.25, 0.3) is 0 Å². The highest BCUT2D eigenvalue weighted by Crippen LogP contribution is 2.34. The summed E-state index contributed by atoms with van der Waals surface area (Å²) in [6, 6.07) is 10.8. The van der Waals surface area contributed by atoms with Gasteiger partial charge in [-0.3, -0.25) is 5.14 Å². The summed E-state index contributed by atoms with van der Waals surface area (Å²) < 4.78 is 2.39. The predicted molar refractivity (Wildman–Crippen MR) is 150 cm³/mol. The van der Waals surface area contributed by atoms with Crippen LogP contribution in [0.1, 0.15) is 117 Å². The largest absolute Gasteiger partial charge is 0.264 e. The van der Waals surface area contributed by atoms with Crippen molar-refractivity contribution in [1.29, 1.82) is 0 Å². The highest BCUT2D eigenvalue weighted by atomic mass is 32.2. The molecule has 0 bridgehead atoms. The van der Waals surface area contributed by atoms with Crippen molar-refractivity contribution in [3.8, 4) is 0 Å². The molecule has 0 heterocycles. The van der Waals surface area contributed by atoms with Crippen molar-refractivity contribution in [3.05, 3.63) is 48.0 Å². The Hall–Kier alpha value is -0.420. The lowest BCUT2D eigenvalue weighted by atomic mass is 10.1. The van der Waals surface area contributed by atoms with Crippen molar-refractivity contribution in [1.82, 2.24) is 4.31 Å². The van der Waals surface area contributed by atoms with Crippen LogP contribution in [0.3, 0.4) is 0 Å². The maximum Gasteiger partial charge on any atom is 0.0676 e. The Labute approximate surface area is 208 Å². The summed E-state index contributed by atoms with van der Waals surface area (Å²) in [6.45, 7) is 9.08. The van der Waals surface area contributed by atoms with E-state index >= 15 is 0 Å². The molecule has 184 valence electrons. The zero-order valence-electron chi connectivity index (χ0n) is 21.4. The number of rotatable bonds is 19. The molecule has 2 N–H and O–H groups in total. The molecule has 0 amide bonds. The summed E-state index contributed by atoms with van der Waals surface area (Å²) in [5.41, 5.74) is 1.46. The Bertz CT molecular complexity index is 569. The number of unbranched alkanes of at least 4 members (excludes halogenated alkanes) is 10. The summed E-state index contributed by atoms with van der Waals surface area (Å²) in [4.78, 5) is 0. The Morgan fingerprint density at radius 1 is 0.844 bits per heavy atom. The molecular weight excluding hydrogens is 428 g/mol. The smallest absolute Gasteiger partial charge is 0.0676 e. The normalized spacial score (nSPS) is 13.3. The second kappa shape index (κ2) is 18.9. The van der Waals surface area contributed by atoms with Gasteiger partial charge >= 0.3 is 0 Å². The topological polar surface area (TPSA) is 29.3 Å². The monoisotopic (exact) mass is 478 g/mol. The molecule has 1 rings (SSSR count). The van der Waals surface area contributed by atoms with Gasteiger partial charge in [0.05, 0.1) is 5.37 Å². The Balaban J connectivity index is 2.23. The van der Waals surface area contributed by atoms with Crippen molar-refractivity contribution in [2.45, 2.75) is 128 Å². The van der Waals surface area contributed by atoms with Crippen LogP contribution in [-0.2, 0) is 5.75 Å². The lowest BCUT2D eigenvalue weighted by molar-refractivity contribution is 0.249. The number of hydrogen-bond donors (Lipinski definition) is 1. The number of nitrogens with two attached hydrogens (primary N) is 1. The summed E-state index contributed by atoms with van der Waals surface area (Å²) in [5.74, 6) is 1.04. The van der Waals surface area contributed by atoms with Crippen LogP contribution in [0.5, 0.6) is 0 Å². The van der Waals surface area contributed by atoms with Crippen LogP contribution in [0, 0.1) is 0 Å². The van der Waals surface area contributed by atoms with Crippen molar-refractivity contribution in [3.63, 3.8) is 0 Å². The van der Waals surface area contributed by atoms with Crippen LogP contribution in [0.25, 0.3) is 0 Å². The minimum atomic E-state index is 0.0641. The maximum absolute atomic E-state index is 6.10. The zero-order chi connectivity index (χ0) is 23.5. The molecule has 0 aliphatic heterocycles. The fraction of sp³-hybridized carbons (Fsp3) is 0.714. The number of hydrogen-bond acceptors (Lipinski definition) is 4. The van der Waals surface area contributed by atoms with Crippen LogP contribution >= 0.6 is 23.9 Å². The molecule has 0 saturated heterocycles. The van der Waals surface area contributed by atoms with Gasteiger partial charge in [0.15, 0.2) is 0 Å². The van der Waals surface area contributed by atoms with E-state index in [1.807, 2.05) is 11.8 Å². The molecule has 2 nitrogen and oxygen atoms in total. The summed E-state index contributed by atoms with van der Waals surface area (Å²) >= 11 is 3.44. The van der Waals surface area contributed by atoms with E-state index in [0.29, 0.717) is 5.37 Å². The van der Waals surface area contributed by atoms with Crippen LogP contribution < -0.4 is 5.14 Å². The fourth-order valence-electron chi connectivity index (χ4n) is 3.91. The first kappa shape index (κ1) is 29.6. The van der Waals surface area contributed by atoms with Gasteiger partial charge in [-0.1, -0.05) is 101 Å². The highest BCUT2D eigenvalue weighted by Gasteiger charge is 2.29. The lowest BCUT2D eigenvalue weighted by Crippen LogP contribution is -2.43. The van der Waals surface area contributed by atoms with Crippen molar-refractivity contribution >= 4 is 23.9 Å². The Kier molecular flexibility index (Phi) is 17.5. The highest BCUT2D eigenvalue weighted by molar-refractivity contribution is 8.00. The van der Waals surface area contributed by atoms with E-state index in [1.165, 1.54) is 101 Å². The van der Waals surface area contributed by atoms with Gasteiger partial charge in [-0.15, -0.1) is 11.8 Å². The molecule has 0 spiro atoms. The molecule has 1 atom stereocenters. The van der Waals surface area contributed by atoms with E-state index in [4.69, 9.17) is 5.14 Å². The molecule has 0 aliphatic carbocycles. The van der Waals surface area contributed by atoms with Gasteiger partial charge in [-0.05, 0) is 58.4 Å². The van der Waals surface area contributed by atoms with Gasteiger partial charge in [0, 0.05) is 23.4 Å². The van der Waals surface area contributed by atoms with Gasteiger partial charge < -0.3 is 0 Å². The number of allylic oxidation sites excluding steroid dienone is 2. The van der Waals surface area contributed by atoms with Crippen molar-refractivity contribution < 1.29 is 0 Å². The number of benzene rings is 1. The first-order valence-electron chi connectivity index (χ1n) is 13.0. The van der Waals surface area contributed by atoms with Crippen molar-refractivity contribution in [2.24, 2.45) is 5.14 Å². The fourth-order valence-corrected chi connectivity index (χ4v) is 6.16. The minimum Gasteiger partial charge on any atom is -0.264 e. The zero-order valence-corrected chi connectivity index (χ0v) is 23.0. The molecule has 4 heteroatoms. The standard InChI is InChI=1S/C28H50N2S2/c1-5-6-7-8-9-10-11-12-13-14-15-16-17-21-24-27(30(32-29)28(2,3)4)31-25-26-22-19-18-20-23-26/h12-13,18-20,22-23,27H,5-11,14-17,21,24-25,29H2,1-4H3. The van der Waals surface area contributed by atoms with E-state index in [1.54, 1.807) is 0 Å². The van der Waals surface area contributed by atoms with Gasteiger partial charge in [-0.25, -0.2) is 4.31 Å². The Morgan fingerprint density at radius 2 is 1.41 bits per heavy atom. The molecular formula is C28H50N2S2. The van der Waals surface area contributed by atoms with E-state index < -0.39 is 0 Å². The molecule has 0 fully saturated rings. The van der Waals surface area contributed by atoms with E-state index in [-0.39, 0.29) is 5.54 Å². The lowest BCUT2D eigenvalue weighted by Gasteiger charge is -2.39. The predicted octanol–water partition coefficient (Wildman–Crippen LogP) is 9.52. The van der Waals surface area contributed by atoms with Gasteiger partial charge in [0.1, 0.15) is 0 Å². The second-order valence-corrected chi connectivity index (χ2v) is 11.6. The summed E-state index contributed by atoms with van der Waals surface area (Å²) in [7, 11) is 0. The SMILES string of the molecule is CCCCCCCCC=CCCCCCCC(SCc1ccccc1)N(SN)C(C)(C)C.